The monoisotopic (exact) mass is 516 g/mol. The summed E-state index contributed by atoms with van der Waals surface area (Å²) < 4.78 is 13.0. The van der Waals surface area contributed by atoms with Crippen LogP contribution < -0.4 is 10.6 Å². The molecule has 2 rings (SSSR count). The molecule has 29 heavy (non-hydrogen) atoms. The van der Waals surface area contributed by atoms with Gasteiger partial charge in [0.25, 0.3) is 0 Å². The highest BCUT2D eigenvalue weighted by atomic mass is 127. The molecule has 0 unspecified atom stereocenters. The summed E-state index contributed by atoms with van der Waals surface area (Å²) in [5.74, 6) is 2.44. The van der Waals surface area contributed by atoms with Gasteiger partial charge in [0, 0.05) is 33.4 Å². The standard InChI is InChI=1S/C20H32N6O2.HI/c1-4-27-13-8-11-21-20(23-15-19-25-24-17(2)26(19)3)22-12-14-28-16-18-9-6-5-7-10-18;/h5-7,9-10H,4,8,11-16H2,1-3H3,(H2,21,22,23);1H. The predicted octanol–water partition coefficient (Wildman–Crippen LogP) is 2.42. The van der Waals surface area contributed by atoms with Crippen LogP contribution >= 0.6 is 24.0 Å². The Morgan fingerprint density at radius 1 is 1.07 bits per heavy atom. The van der Waals surface area contributed by atoms with Crippen molar-refractivity contribution in [3.63, 3.8) is 0 Å². The molecule has 0 amide bonds. The lowest BCUT2D eigenvalue weighted by Crippen LogP contribution is -2.39. The molecule has 2 aromatic rings. The first kappa shape index (κ1) is 25.3. The number of ether oxygens (including phenoxy) is 2. The van der Waals surface area contributed by atoms with Crippen molar-refractivity contribution in [3.8, 4) is 0 Å². The average Bonchev–Trinajstić information content (AvgIpc) is 3.04. The van der Waals surface area contributed by atoms with Crippen molar-refractivity contribution in [1.29, 1.82) is 0 Å². The quantitative estimate of drug-likeness (QED) is 0.195. The molecule has 0 aliphatic rings. The number of hydrogen-bond acceptors (Lipinski definition) is 5. The fourth-order valence-electron chi connectivity index (χ4n) is 2.44. The molecule has 0 fully saturated rings. The van der Waals surface area contributed by atoms with Crippen molar-refractivity contribution < 1.29 is 9.47 Å². The molecular weight excluding hydrogens is 483 g/mol. The Labute approximate surface area is 190 Å². The number of aromatic nitrogens is 3. The maximum Gasteiger partial charge on any atom is 0.191 e. The molecule has 0 saturated carbocycles. The third-order valence-electron chi connectivity index (χ3n) is 4.17. The van der Waals surface area contributed by atoms with Crippen LogP contribution in [0.2, 0.25) is 0 Å². The molecular formula is C20H33IN6O2. The van der Waals surface area contributed by atoms with Crippen LogP contribution in [0.3, 0.4) is 0 Å². The number of aliphatic imine (C=N–C) groups is 1. The Hall–Kier alpha value is -1.72. The molecule has 8 nitrogen and oxygen atoms in total. The number of guanidine groups is 1. The smallest absolute Gasteiger partial charge is 0.191 e. The van der Waals surface area contributed by atoms with Crippen LogP contribution in [0.15, 0.2) is 35.3 Å². The molecule has 1 aromatic heterocycles. The Balaban J connectivity index is 0.00000420. The minimum Gasteiger partial charge on any atom is -0.382 e. The first-order valence-corrected chi connectivity index (χ1v) is 9.77. The Kier molecular flexibility index (Phi) is 13.2. The summed E-state index contributed by atoms with van der Waals surface area (Å²) in [5, 5.41) is 14.9. The second kappa shape index (κ2) is 15.2. The molecule has 0 bridgehead atoms. The van der Waals surface area contributed by atoms with E-state index in [1.165, 1.54) is 5.56 Å². The fraction of sp³-hybridized carbons (Fsp3) is 0.550. The molecule has 0 spiro atoms. The van der Waals surface area contributed by atoms with Crippen LogP contribution in [-0.4, -0.2) is 53.6 Å². The average molecular weight is 516 g/mol. The van der Waals surface area contributed by atoms with Gasteiger partial charge in [-0.25, -0.2) is 4.99 Å². The van der Waals surface area contributed by atoms with Gasteiger partial charge in [-0.3, -0.25) is 0 Å². The minimum atomic E-state index is 0. The van der Waals surface area contributed by atoms with Crippen molar-refractivity contribution in [2.45, 2.75) is 33.4 Å². The fourth-order valence-corrected chi connectivity index (χ4v) is 2.44. The molecule has 0 atom stereocenters. The van der Waals surface area contributed by atoms with Gasteiger partial charge in [0.15, 0.2) is 11.8 Å². The number of nitrogens with zero attached hydrogens (tertiary/aromatic N) is 4. The lowest BCUT2D eigenvalue weighted by Gasteiger charge is -2.13. The van der Waals surface area contributed by atoms with E-state index in [1.807, 2.05) is 43.7 Å². The van der Waals surface area contributed by atoms with E-state index in [-0.39, 0.29) is 24.0 Å². The lowest BCUT2D eigenvalue weighted by molar-refractivity contribution is 0.125. The molecule has 0 radical (unpaired) electrons. The van der Waals surface area contributed by atoms with E-state index in [0.29, 0.717) is 26.3 Å². The highest BCUT2D eigenvalue weighted by Crippen LogP contribution is 2.00. The molecule has 1 aromatic carbocycles. The third kappa shape index (κ3) is 10.0. The highest BCUT2D eigenvalue weighted by Gasteiger charge is 2.05. The molecule has 2 N–H and O–H groups in total. The summed E-state index contributed by atoms with van der Waals surface area (Å²) in [6.45, 7) is 8.52. The van der Waals surface area contributed by atoms with Crippen molar-refractivity contribution in [1.82, 2.24) is 25.4 Å². The summed E-state index contributed by atoms with van der Waals surface area (Å²) in [5.41, 5.74) is 1.17. The second-order valence-electron chi connectivity index (χ2n) is 6.33. The van der Waals surface area contributed by atoms with Gasteiger partial charge < -0.3 is 24.7 Å². The van der Waals surface area contributed by atoms with Crippen molar-refractivity contribution in [3.05, 3.63) is 47.5 Å². The van der Waals surface area contributed by atoms with Gasteiger partial charge >= 0.3 is 0 Å². The van der Waals surface area contributed by atoms with E-state index in [1.54, 1.807) is 0 Å². The maximum atomic E-state index is 5.72. The van der Waals surface area contributed by atoms with Crippen LogP contribution in [0, 0.1) is 6.92 Å². The van der Waals surface area contributed by atoms with Crippen LogP contribution in [0.5, 0.6) is 0 Å². The first-order valence-electron chi connectivity index (χ1n) is 9.77. The molecule has 0 aliphatic heterocycles. The Bertz CT molecular complexity index is 708. The van der Waals surface area contributed by atoms with Gasteiger partial charge in [-0.1, -0.05) is 30.3 Å². The molecule has 0 saturated heterocycles. The third-order valence-corrected chi connectivity index (χ3v) is 4.17. The van der Waals surface area contributed by atoms with Gasteiger partial charge in [0.1, 0.15) is 12.4 Å². The number of nitrogens with one attached hydrogen (secondary N) is 2. The van der Waals surface area contributed by atoms with Gasteiger partial charge in [-0.05, 0) is 25.8 Å². The molecule has 162 valence electrons. The summed E-state index contributed by atoms with van der Waals surface area (Å²) in [4.78, 5) is 4.62. The second-order valence-corrected chi connectivity index (χ2v) is 6.33. The zero-order valence-electron chi connectivity index (χ0n) is 17.6. The summed E-state index contributed by atoms with van der Waals surface area (Å²) in [6.07, 6.45) is 0.919. The van der Waals surface area contributed by atoms with Crippen molar-refractivity contribution in [2.75, 3.05) is 32.9 Å². The van der Waals surface area contributed by atoms with Crippen LogP contribution in [0.4, 0.5) is 0 Å². The number of rotatable bonds is 12. The number of hydrogen-bond donors (Lipinski definition) is 2. The van der Waals surface area contributed by atoms with Gasteiger partial charge in [-0.15, -0.1) is 34.2 Å². The largest absolute Gasteiger partial charge is 0.382 e. The zero-order valence-corrected chi connectivity index (χ0v) is 19.9. The van der Waals surface area contributed by atoms with Crippen LogP contribution in [-0.2, 0) is 29.7 Å². The van der Waals surface area contributed by atoms with Gasteiger partial charge in [0.05, 0.1) is 13.2 Å². The maximum absolute atomic E-state index is 5.72. The SMILES string of the molecule is CCOCCCNC(=NCc1nnc(C)n1C)NCCOCc1ccccc1.I. The van der Waals surface area contributed by atoms with Crippen molar-refractivity contribution >= 4 is 29.9 Å². The minimum absolute atomic E-state index is 0. The number of aryl methyl sites for hydroxylation is 1. The molecule has 9 heteroatoms. The summed E-state index contributed by atoms with van der Waals surface area (Å²) in [6, 6.07) is 10.2. The number of benzene rings is 1. The summed E-state index contributed by atoms with van der Waals surface area (Å²) >= 11 is 0. The molecule has 0 aliphatic carbocycles. The zero-order chi connectivity index (χ0) is 20.0. The number of halogens is 1. The normalized spacial score (nSPS) is 11.2. The summed E-state index contributed by atoms with van der Waals surface area (Å²) in [7, 11) is 1.94. The Morgan fingerprint density at radius 3 is 2.52 bits per heavy atom. The van der Waals surface area contributed by atoms with Crippen LogP contribution in [0.25, 0.3) is 0 Å². The van der Waals surface area contributed by atoms with E-state index in [9.17, 15) is 0 Å². The first-order chi connectivity index (χ1) is 13.7. The van der Waals surface area contributed by atoms with Crippen LogP contribution in [0.1, 0.15) is 30.6 Å². The van der Waals surface area contributed by atoms with E-state index in [4.69, 9.17) is 9.47 Å². The molecule has 1 heterocycles. The van der Waals surface area contributed by atoms with E-state index < -0.39 is 0 Å². The topological polar surface area (TPSA) is 85.6 Å². The predicted molar refractivity (Wildman–Crippen MR) is 126 cm³/mol. The highest BCUT2D eigenvalue weighted by molar-refractivity contribution is 14.0. The Morgan fingerprint density at radius 2 is 1.83 bits per heavy atom. The van der Waals surface area contributed by atoms with E-state index in [0.717, 1.165) is 43.8 Å². The lowest BCUT2D eigenvalue weighted by atomic mass is 10.2. The van der Waals surface area contributed by atoms with Gasteiger partial charge in [-0.2, -0.15) is 0 Å². The van der Waals surface area contributed by atoms with Gasteiger partial charge in [0.2, 0.25) is 0 Å². The van der Waals surface area contributed by atoms with Crippen molar-refractivity contribution in [2.24, 2.45) is 12.0 Å². The van der Waals surface area contributed by atoms with E-state index >= 15 is 0 Å². The van der Waals surface area contributed by atoms with E-state index in [2.05, 4.69) is 38.0 Å².